The summed E-state index contributed by atoms with van der Waals surface area (Å²) in [6, 6.07) is 2.90. The maximum Gasteiger partial charge on any atom is 0.416 e. The number of alkyl halides is 3. The SMILES string of the molecule is O=[N+]([O-])c1ccc([C@@H](O)[C@H](CO)Nc2c([N+](=O)[O-])cc(C(F)(F)F)cc2[N+](=O)[O-])cc1. The van der Waals surface area contributed by atoms with Crippen LogP contribution in [0.3, 0.4) is 0 Å². The van der Waals surface area contributed by atoms with Gasteiger partial charge in [-0.2, -0.15) is 13.2 Å². The van der Waals surface area contributed by atoms with E-state index in [1.54, 1.807) is 0 Å². The predicted molar refractivity (Wildman–Crippen MR) is 97.3 cm³/mol. The Morgan fingerprint density at radius 2 is 1.42 bits per heavy atom. The Balaban J connectivity index is 2.51. The number of anilines is 1. The number of aliphatic hydroxyl groups is 2. The molecule has 2 aromatic carbocycles. The van der Waals surface area contributed by atoms with Crippen molar-refractivity contribution in [3.8, 4) is 0 Å². The molecule has 2 rings (SSSR count). The molecule has 2 aromatic rings. The van der Waals surface area contributed by atoms with Crippen LogP contribution in [0.2, 0.25) is 0 Å². The van der Waals surface area contributed by atoms with Crippen molar-refractivity contribution in [2.24, 2.45) is 0 Å². The van der Waals surface area contributed by atoms with Crippen LogP contribution in [-0.4, -0.2) is 37.6 Å². The maximum atomic E-state index is 13.0. The van der Waals surface area contributed by atoms with Gasteiger partial charge in [0.05, 0.1) is 33.0 Å². The van der Waals surface area contributed by atoms with Crippen LogP contribution >= 0.6 is 0 Å². The maximum absolute atomic E-state index is 13.0. The van der Waals surface area contributed by atoms with Crippen LogP contribution in [0.25, 0.3) is 0 Å². The molecule has 2 atom stereocenters. The highest BCUT2D eigenvalue weighted by Crippen LogP contribution is 2.42. The van der Waals surface area contributed by atoms with E-state index in [-0.39, 0.29) is 23.4 Å². The fraction of sp³-hybridized carbons (Fsp3) is 0.250. The summed E-state index contributed by atoms with van der Waals surface area (Å²) in [5.41, 5.74) is -5.50. The van der Waals surface area contributed by atoms with Gasteiger partial charge < -0.3 is 15.5 Å². The van der Waals surface area contributed by atoms with Gasteiger partial charge in [0.1, 0.15) is 6.10 Å². The first-order valence-corrected chi connectivity index (χ1v) is 8.20. The number of nitro benzene ring substituents is 3. The number of hydrogen-bond acceptors (Lipinski definition) is 9. The molecular weight excluding hydrogens is 433 g/mol. The molecule has 0 saturated heterocycles. The summed E-state index contributed by atoms with van der Waals surface area (Å²) in [6.07, 6.45) is -6.80. The lowest BCUT2D eigenvalue weighted by Gasteiger charge is -2.23. The second kappa shape index (κ2) is 8.88. The molecule has 0 heterocycles. The van der Waals surface area contributed by atoms with Gasteiger partial charge in [0.15, 0.2) is 5.69 Å². The van der Waals surface area contributed by atoms with E-state index in [0.29, 0.717) is 0 Å². The van der Waals surface area contributed by atoms with Gasteiger partial charge in [-0.15, -0.1) is 0 Å². The molecule has 12 nitrogen and oxygen atoms in total. The monoisotopic (exact) mass is 446 g/mol. The zero-order valence-corrected chi connectivity index (χ0v) is 15.1. The fourth-order valence-corrected chi connectivity index (χ4v) is 2.65. The molecule has 0 aliphatic rings. The number of aliphatic hydroxyl groups excluding tert-OH is 2. The lowest BCUT2D eigenvalue weighted by atomic mass is 10.0. The Morgan fingerprint density at radius 1 is 0.935 bits per heavy atom. The largest absolute Gasteiger partial charge is 0.416 e. The summed E-state index contributed by atoms with van der Waals surface area (Å²) < 4.78 is 38.9. The third-order valence-corrected chi connectivity index (χ3v) is 4.17. The van der Waals surface area contributed by atoms with E-state index >= 15 is 0 Å². The van der Waals surface area contributed by atoms with Gasteiger partial charge in [0.25, 0.3) is 17.1 Å². The van der Waals surface area contributed by atoms with Crippen LogP contribution in [0.4, 0.5) is 35.9 Å². The van der Waals surface area contributed by atoms with Crippen molar-refractivity contribution >= 4 is 22.7 Å². The number of non-ortho nitro benzene ring substituents is 1. The molecule has 3 N–H and O–H groups in total. The number of nitrogens with zero attached hydrogens (tertiary/aromatic N) is 3. The molecule has 0 aromatic heterocycles. The molecule has 0 fully saturated rings. The van der Waals surface area contributed by atoms with E-state index in [9.17, 15) is 53.7 Å². The van der Waals surface area contributed by atoms with Crippen molar-refractivity contribution in [3.05, 3.63) is 77.9 Å². The second-order valence-electron chi connectivity index (χ2n) is 6.13. The molecule has 0 unspecified atom stereocenters. The Hall–Kier alpha value is -3.85. The summed E-state index contributed by atoms with van der Waals surface area (Å²) in [4.78, 5) is 30.0. The Bertz CT molecular complexity index is 978. The lowest BCUT2D eigenvalue weighted by molar-refractivity contribution is -0.392. The average Bonchev–Trinajstić information content (AvgIpc) is 2.70. The van der Waals surface area contributed by atoms with E-state index in [4.69, 9.17) is 0 Å². The number of nitro groups is 3. The number of nitrogens with one attached hydrogen (secondary N) is 1. The van der Waals surface area contributed by atoms with Crippen molar-refractivity contribution in [1.82, 2.24) is 0 Å². The molecule has 0 aliphatic heterocycles. The highest BCUT2D eigenvalue weighted by molar-refractivity contribution is 5.75. The Labute approximate surface area is 170 Å². The fourth-order valence-electron chi connectivity index (χ4n) is 2.65. The minimum absolute atomic E-state index is 0.00521. The topological polar surface area (TPSA) is 182 Å². The summed E-state index contributed by atoms with van der Waals surface area (Å²) in [6.45, 7) is -0.951. The minimum atomic E-state index is -5.11. The first-order valence-electron chi connectivity index (χ1n) is 8.20. The van der Waals surface area contributed by atoms with E-state index in [1.165, 1.54) is 0 Å². The zero-order valence-electron chi connectivity index (χ0n) is 15.1. The van der Waals surface area contributed by atoms with Crippen LogP contribution in [0.1, 0.15) is 17.2 Å². The standard InChI is InChI=1S/C16H13F3N4O8/c17-16(18,19)9-5-12(22(28)29)14(13(6-9)23(30)31)20-11(7-24)15(25)8-1-3-10(4-2-8)21(26)27/h1-6,11,15,20,24-25H,7H2/t11-,15+/m0/s1. The summed E-state index contributed by atoms with van der Waals surface area (Å²) in [5, 5.41) is 55.4. The van der Waals surface area contributed by atoms with Gasteiger partial charge >= 0.3 is 6.18 Å². The number of rotatable bonds is 8. The molecule has 31 heavy (non-hydrogen) atoms. The first-order chi connectivity index (χ1) is 14.4. The van der Waals surface area contributed by atoms with E-state index in [1.807, 2.05) is 0 Å². The number of halogens is 3. The van der Waals surface area contributed by atoms with E-state index < -0.39 is 62.3 Å². The van der Waals surface area contributed by atoms with Crippen LogP contribution in [-0.2, 0) is 6.18 Å². The molecular formula is C16H13F3N4O8. The third kappa shape index (κ3) is 5.20. The third-order valence-electron chi connectivity index (χ3n) is 4.17. The van der Waals surface area contributed by atoms with Crippen LogP contribution in [0.15, 0.2) is 36.4 Å². The average molecular weight is 446 g/mol. The van der Waals surface area contributed by atoms with Gasteiger partial charge in [-0.3, -0.25) is 30.3 Å². The van der Waals surface area contributed by atoms with Crippen molar-refractivity contribution < 1.29 is 38.2 Å². The Kier molecular flexibility index (Phi) is 6.71. The molecule has 166 valence electrons. The van der Waals surface area contributed by atoms with Crippen LogP contribution < -0.4 is 5.32 Å². The van der Waals surface area contributed by atoms with Crippen molar-refractivity contribution in [2.45, 2.75) is 18.3 Å². The zero-order chi connectivity index (χ0) is 23.5. The van der Waals surface area contributed by atoms with Crippen molar-refractivity contribution in [2.75, 3.05) is 11.9 Å². The highest BCUT2D eigenvalue weighted by atomic mass is 19.4. The first kappa shape index (κ1) is 23.4. The summed E-state index contributed by atoms with van der Waals surface area (Å²) in [7, 11) is 0. The normalized spacial score (nSPS) is 13.3. The van der Waals surface area contributed by atoms with Crippen molar-refractivity contribution in [1.29, 1.82) is 0 Å². The quantitative estimate of drug-likeness (QED) is 0.405. The van der Waals surface area contributed by atoms with E-state index in [0.717, 1.165) is 24.3 Å². The van der Waals surface area contributed by atoms with E-state index in [2.05, 4.69) is 5.32 Å². The predicted octanol–water partition coefficient (Wildman–Crippen LogP) is 2.94. The van der Waals surface area contributed by atoms with Gasteiger partial charge in [0.2, 0.25) is 0 Å². The molecule has 0 radical (unpaired) electrons. The van der Waals surface area contributed by atoms with Crippen LogP contribution in [0, 0.1) is 30.3 Å². The van der Waals surface area contributed by atoms with Crippen molar-refractivity contribution in [3.63, 3.8) is 0 Å². The summed E-state index contributed by atoms with van der Waals surface area (Å²) >= 11 is 0. The molecule has 0 saturated carbocycles. The van der Waals surface area contributed by atoms with Gasteiger partial charge in [0, 0.05) is 24.3 Å². The van der Waals surface area contributed by atoms with Crippen LogP contribution in [0.5, 0.6) is 0 Å². The second-order valence-corrected chi connectivity index (χ2v) is 6.13. The highest BCUT2D eigenvalue weighted by Gasteiger charge is 2.38. The molecule has 0 bridgehead atoms. The van der Waals surface area contributed by atoms with Gasteiger partial charge in [-0.1, -0.05) is 0 Å². The Morgan fingerprint density at radius 3 is 1.77 bits per heavy atom. The smallest absolute Gasteiger partial charge is 0.394 e. The lowest BCUT2D eigenvalue weighted by Crippen LogP contribution is -2.32. The minimum Gasteiger partial charge on any atom is -0.394 e. The molecule has 0 amide bonds. The summed E-state index contributed by atoms with van der Waals surface area (Å²) in [5.74, 6) is 0. The van der Waals surface area contributed by atoms with Gasteiger partial charge in [-0.25, -0.2) is 0 Å². The number of hydrogen-bond donors (Lipinski definition) is 3. The molecule has 0 spiro atoms. The molecule has 0 aliphatic carbocycles. The van der Waals surface area contributed by atoms with Gasteiger partial charge in [-0.05, 0) is 17.7 Å². The molecule has 15 heteroatoms. The number of benzene rings is 2.